The molecule has 0 fully saturated rings. The third-order valence-corrected chi connectivity index (χ3v) is 2.48. The molecular weight excluding hydrogens is 256 g/mol. The minimum Gasteiger partial charge on any atom is -0.463 e. The van der Waals surface area contributed by atoms with E-state index in [-0.39, 0.29) is 5.97 Å². The number of carbonyl (C=O) groups is 1. The molecule has 0 aliphatic rings. The van der Waals surface area contributed by atoms with Crippen LogP contribution in [0.1, 0.15) is 18.1 Å². The van der Waals surface area contributed by atoms with Crippen LogP contribution in [0.15, 0.2) is 30.3 Å². The molecule has 1 aromatic carbocycles. The third-order valence-electron chi connectivity index (χ3n) is 1.83. The van der Waals surface area contributed by atoms with Crippen molar-refractivity contribution in [2.24, 2.45) is 0 Å². The zero-order valence-electron chi connectivity index (χ0n) is 8.57. The maximum absolute atomic E-state index is 11.0. The second-order valence-electron chi connectivity index (χ2n) is 2.96. The molecule has 0 N–H and O–H groups in total. The average molecular weight is 269 g/mol. The number of hydrogen-bond donors (Lipinski definition) is 0. The van der Waals surface area contributed by atoms with Crippen molar-refractivity contribution in [1.82, 2.24) is 0 Å². The summed E-state index contributed by atoms with van der Waals surface area (Å²) >= 11 is 3.37. The maximum Gasteiger partial charge on any atom is 0.330 e. The highest BCUT2D eigenvalue weighted by Crippen LogP contribution is 2.09. The summed E-state index contributed by atoms with van der Waals surface area (Å²) in [7, 11) is 0. The Morgan fingerprint density at radius 3 is 2.60 bits per heavy atom. The smallest absolute Gasteiger partial charge is 0.330 e. The Bertz CT molecular complexity index is 341. The van der Waals surface area contributed by atoms with Gasteiger partial charge in [-0.2, -0.15) is 0 Å². The molecule has 3 heteroatoms. The second kappa shape index (κ2) is 6.40. The van der Waals surface area contributed by atoms with Gasteiger partial charge in [0.05, 0.1) is 6.61 Å². The van der Waals surface area contributed by atoms with Crippen molar-refractivity contribution >= 4 is 28.0 Å². The van der Waals surface area contributed by atoms with Crippen LogP contribution in [0, 0.1) is 0 Å². The van der Waals surface area contributed by atoms with E-state index in [1.807, 2.05) is 24.3 Å². The topological polar surface area (TPSA) is 26.3 Å². The van der Waals surface area contributed by atoms with Crippen LogP contribution in [0.3, 0.4) is 0 Å². The normalized spacial score (nSPS) is 10.5. The summed E-state index contributed by atoms with van der Waals surface area (Å²) in [5.74, 6) is -0.304. The Hall–Kier alpha value is -1.09. The zero-order chi connectivity index (χ0) is 11.1. The van der Waals surface area contributed by atoms with Gasteiger partial charge in [-0.05, 0) is 24.1 Å². The van der Waals surface area contributed by atoms with Gasteiger partial charge < -0.3 is 4.74 Å². The predicted octanol–water partition coefficient (Wildman–Crippen LogP) is 3.16. The van der Waals surface area contributed by atoms with Gasteiger partial charge >= 0.3 is 5.97 Å². The van der Waals surface area contributed by atoms with Crippen LogP contribution in [0.4, 0.5) is 0 Å². The van der Waals surface area contributed by atoms with Crippen LogP contribution < -0.4 is 0 Å². The molecule has 0 aromatic heterocycles. The summed E-state index contributed by atoms with van der Waals surface area (Å²) < 4.78 is 4.78. The molecule has 1 aromatic rings. The monoisotopic (exact) mass is 268 g/mol. The van der Waals surface area contributed by atoms with Crippen LogP contribution >= 0.6 is 15.9 Å². The number of esters is 1. The van der Waals surface area contributed by atoms with Crippen molar-refractivity contribution in [3.8, 4) is 0 Å². The van der Waals surface area contributed by atoms with E-state index < -0.39 is 0 Å². The van der Waals surface area contributed by atoms with Gasteiger partial charge in [-0.3, -0.25) is 0 Å². The summed E-state index contributed by atoms with van der Waals surface area (Å²) in [6, 6.07) is 7.96. The lowest BCUT2D eigenvalue weighted by Crippen LogP contribution is -1.98. The van der Waals surface area contributed by atoms with Gasteiger partial charge in [0.1, 0.15) is 0 Å². The predicted molar refractivity (Wildman–Crippen MR) is 64.7 cm³/mol. The molecule has 0 aliphatic carbocycles. The fourth-order valence-corrected chi connectivity index (χ4v) is 1.45. The Morgan fingerprint density at radius 2 is 2.07 bits per heavy atom. The van der Waals surface area contributed by atoms with Gasteiger partial charge in [-0.1, -0.05) is 40.2 Å². The molecule has 0 saturated carbocycles. The van der Waals surface area contributed by atoms with Gasteiger partial charge in [0, 0.05) is 11.4 Å². The molecule has 0 bridgehead atoms. The Morgan fingerprint density at radius 1 is 1.40 bits per heavy atom. The molecule has 80 valence electrons. The minimum atomic E-state index is -0.304. The number of halogens is 1. The largest absolute Gasteiger partial charge is 0.463 e. The Kier molecular flexibility index (Phi) is 5.12. The Labute approximate surface area is 98.1 Å². The van der Waals surface area contributed by atoms with Gasteiger partial charge in [-0.25, -0.2) is 4.79 Å². The molecule has 0 heterocycles. The van der Waals surface area contributed by atoms with Gasteiger partial charge in [-0.15, -0.1) is 0 Å². The molecule has 0 aliphatic heterocycles. The molecule has 0 atom stereocenters. The molecule has 2 nitrogen and oxygen atoms in total. The first kappa shape index (κ1) is 12.0. The van der Waals surface area contributed by atoms with E-state index in [9.17, 15) is 4.79 Å². The standard InChI is InChI=1S/C12H13BrO2/c1-2-15-12(14)8-7-10-3-5-11(9-13)6-4-10/h3-8H,2,9H2,1H3/b8-7-. The SMILES string of the molecule is CCOC(=O)/C=C\c1ccc(CBr)cc1. The van der Waals surface area contributed by atoms with Crippen molar-refractivity contribution in [2.75, 3.05) is 6.61 Å². The first-order valence-electron chi connectivity index (χ1n) is 4.76. The molecule has 0 saturated heterocycles. The molecular formula is C12H13BrO2. The van der Waals surface area contributed by atoms with E-state index in [1.54, 1.807) is 13.0 Å². The Balaban J connectivity index is 2.60. The van der Waals surface area contributed by atoms with E-state index in [2.05, 4.69) is 15.9 Å². The average Bonchev–Trinajstić information content (AvgIpc) is 2.27. The number of ether oxygens (including phenoxy) is 1. The fourth-order valence-electron chi connectivity index (χ4n) is 1.07. The maximum atomic E-state index is 11.0. The van der Waals surface area contributed by atoms with Crippen molar-refractivity contribution in [3.05, 3.63) is 41.5 Å². The van der Waals surface area contributed by atoms with E-state index >= 15 is 0 Å². The molecule has 0 amide bonds. The highest BCUT2D eigenvalue weighted by molar-refractivity contribution is 9.08. The van der Waals surface area contributed by atoms with Crippen LogP contribution in [-0.4, -0.2) is 12.6 Å². The van der Waals surface area contributed by atoms with Crippen LogP contribution in [0.5, 0.6) is 0 Å². The zero-order valence-corrected chi connectivity index (χ0v) is 10.2. The van der Waals surface area contributed by atoms with E-state index in [4.69, 9.17) is 4.74 Å². The lowest BCUT2D eigenvalue weighted by molar-refractivity contribution is -0.137. The van der Waals surface area contributed by atoms with E-state index in [1.165, 1.54) is 11.6 Å². The van der Waals surface area contributed by atoms with Gasteiger partial charge in [0.2, 0.25) is 0 Å². The van der Waals surface area contributed by atoms with Crippen LogP contribution in [0.2, 0.25) is 0 Å². The minimum absolute atomic E-state index is 0.304. The number of alkyl halides is 1. The summed E-state index contributed by atoms with van der Waals surface area (Å²) in [6.07, 6.45) is 3.18. The highest BCUT2D eigenvalue weighted by atomic mass is 79.9. The second-order valence-corrected chi connectivity index (χ2v) is 3.52. The molecule has 1 rings (SSSR count). The van der Waals surface area contributed by atoms with Crippen molar-refractivity contribution in [3.63, 3.8) is 0 Å². The quantitative estimate of drug-likeness (QED) is 0.477. The third kappa shape index (κ3) is 4.30. The molecule has 0 spiro atoms. The van der Waals surface area contributed by atoms with Gasteiger partial charge in [0.15, 0.2) is 0 Å². The van der Waals surface area contributed by atoms with E-state index in [0.29, 0.717) is 6.61 Å². The first-order chi connectivity index (χ1) is 7.26. The molecule has 0 unspecified atom stereocenters. The highest BCUT2D eigenvalue weighted by Gasteiger charge is 1.94. The van der Waals surface area contributed by atoms with Gasteiger partial charge in [0.25, 0.3) is 0 Å². The van der Waals surface area contributed by atoms with E-state index in [0.717, 1.165) is 10.9 Å². The number of rotatable bonds is 4. The first-order valence-corrected chi connectivity index (χ1v) is 5.88. The lowest BCUT2D eigenvalue weighted by Gasteiger charge is -1.97. The fraction of sp³-hybridized carbons (Fsp3) is 0.250. The number of benzene rings is 1. The van der Waals surface area contributed by atoms with Crippen molar-refractivity contribution < 1.29 is 9.53 Å². The van der Waals surface area contributed by atoms with Crippen LogP contribution in [0.25, 0.3) is 6.08 Å². The summed E-state index contributed by atoms with van der Waals surface area (Å²) in [5, 5.41) is 0.842. The van der Waals surface area contributed by atoms with Crippen molar-refractivity contribution in [1.29, 1.82) is 0 Å². The van der Waals surface area contributed by atoms with Crippen LogP contribution in [-0.2, 0) is 14.9 Å². The van der Waals surface area contributed by atoms with Crippen molar-refractivity contribution in [2.45, 2.75) is 12.3 Å². The molecule has 0 radical (unpaired) electrons. The lowest BCUT2D eigenvalue weighted by atomic mass is 10.1. The summed E-state index contributed by atoms with van der Waals surface area (Å²) in [6.45, 7) is 2.20. The number of carbonyl (C=O) groups excluding carboxylic acids is 1. The molecule has 15 heavy (non-hydrogen) atoms. The number of hydrogen-bond acceptors (Lipinski definition) is 2. The summed E-state index contributed by atoms with van der Waals surface area (Å²) in [4.78, 5) is 11.0. The summed E-state index contributed by atoms with van der Waals surface area (Å²) in [5.41, 5.74) is 2.20.